The van der Waals surface area contributed by atoms with E-state index in [4.69, 9.17) is 25.5 Å². The number of hydrogen-bond donors (Lipinski definition) is 0. The third-order valence-electron chi connectivity index (χ3n) is 4.98. The van der Waals surface area contributed by atoms with Crippen LogP contribution in [0.15, 0.2) is 46.9 Å². The normalized spacial score (nSPS) is 12.6. The zero-order valence-corrected chi connectivity index (χ0v) is 18.1. The van der Waals surface area contributed by atoms with E-state index in [1.165, 1.54) is 0 Å². The Labute approximate surface area is 185 Å². The van der Waals surface area contributed by atoms with Crippen LogP contribution in [0.2, 0.25) is 5.02 Å². The Hall–Kier alpha value is -3.06. The van der Waals surface area contributed by atoms with E-state index in [1.807, 2.05) is 43.3 Å². The van der Waals surface area contributed by atoms with Gasteiger partial charge in [0.15, 0.2) is 11.5 Å². The van der Waals surface area contributed by atoms with E-state index < -0.39 is 0 Å². The van der Waals surface area contributed by atoms with Crippen molar-refractivity contribution < 1.29 is 18.7 Å². The number of benzene rings is 2. The predicted molar refractivity (Wildman–Crippen MR) is 116 cm³/mol. The van der Waals surface area contributed by atoms with Gasteiger partial charge in [0.1, 0.15) is 13.2 Å². The number of halogens is 1. The standard InChI is InChI=1S/C23H24ClN3O4/c1-2-11-27(15-21-25-26-23(31-21)17-5-3-4-6-18(17)24)22(28)10-8-16-7-9-19-20(14-16)30-13-12-29-19/h3-7,9,14H,2,8,10-13,15H2,1H3. The number of ether oxygens (including phenoxy) is 2. The van der Waals surface area contributed by atoms with E-state index in [-0.39, 0.29) is 12.5 Å². The largest absolute Gasteiger partial charge is 0.486 e. The van der Waals surface area contributed by atoms with Crippen LogP contribution in [0.25, 0.3) is 11.5 Å². The number of carbonyl (C=O) groups excluding carboxylic acids is 1. The minimum Gasteiger partial charge on any atom is -0.486 e. The average Bonchev–Trinajstić information content (AvgIpc) is 3.25. The topological polar surface area (TPSA) is 77.7 Å². The smallest absolute Gasteiger partial charge is 0.249 e. The molecule has 8 heteroatoms. The lowest BCUT2D eigenvalue weighted by atomic mass is 10.1. The lowest BCUT2D eigenvalue weighted by Crippen LogP contribution is -2.31. The molecule has 0 saturated heterocycles. The summed E-state index contributed by atoms with van der Waals surface area (Å²) in [4.78, 5) is 14.6. The quantitative estimate of drug-likeness (QED) is 0.511. The number of hydrogen-bond acceptors (Lipinski definition) is 6. The van der Waals surface area contributed by atoms with Gasteiger partial charge in [-0.2, -0.15) is 0 Å². The molecule has 2 aromatic carbocycles. The van der Waals surface area contributed by atoms with Crippen LogP contribution in [0.4, 0.5) is 0 Å². The molecule has 1 aromatic heterocycles. The molecule has 31 heavy (non-hydrogen) atoms. The molecular weight excluding hydrogens is 418 g/mol. The first-order valence-electron chi connectivity index (χ1n) is 10.4. The summed E-state index contributed by atoms with van der Waals surface area (Å²) in [6.45, 7) is 4.02. The highest BCUT2D eigenvalue weighted by Crippen LogP contribution is 2.31. The summed E-state index contributed by atoms with van der Waals surface area (Å²) in [5.74, 6) is 2.25. The summed E-state index contributed by atoms with van der Waals surface area (Å²) in [7, 11) is 0. The Morgan fingerprint density at radius 3 is 2.71 bits per heavy atom. The maximum atomic E-state index is 12.9. The van der Waals surface area contributed by atoms with Crippen molar-refractivity contribution in [3.05, 3.63) is 58.9 Å². The molecule has 1 aliphatic heterocycles. The maximum Gasteiger partial charge on any atom is 0.249 e. The second-order valence-electron chi connectivity index (χ2n) is 7.27. The molecule has 162 valence electrons. The second kappa shape index (κ2) is 9.83. The fourth-order valence-corrected chi connectivity index (χ4v) is 3.66. The highest BCUT2D eigenvalue weighted by Gasteiger charge is 2.19. The minimum absolute atomic E-state index is 0.0363. The molecule has 4 rings (SSSR count). The molecular formula is C23H24ClN3O4. The number of aryl methyl sites for hydroxylation is 1. The number of aromatic nitrogens is 2. The third-order valence-corrected chi connectivity index (χ3v) is 5.31. The van der Waals surface area contributed by atoms with E-state index in [1.54, 1.807) is 11.0 Å². The van der Waals surface area contributed by atoms with Gasteiger partial charge in [0.05, 0.1) is 17.1 Å². The average molecular weight is 442 g/mol. The summed E-state index contributed by atoms with van der Waals surface area (Å²) in [6.07, 6.45) is 1.83. The Bertz CT molecular complexity index is 1050. The van der Waals surface area contributed by atoms with Crippen molar-refractivity contribution in [3.8, 4) is 23.0 Å². The van der Waals surface area contributed by atoms with Crippen molar-refractivity contribution in [2.45, 2.75) is 32.7 Å². The van der Waals surface area contributed by atoms with E-state index >= 15 is 0 Å². The zero-order valence-electron chi connectivity index (χ0n) is 17.3. The van der Waals surface area contributed by atoms with Crippen LogP contribution < -0.4 is 9.47 Å². The molecule has 3 aromatic rings. The monoisotopic (exact) mass is 441 g/mol. The van der Waals surface area contributed by atoms with Gasteiger partial charge in [-0.1, -0.05) is 36.7 Å². The molecule has 1 amide bonds. The molecule has 2 heterocycles. The lowest BCUT2D eigenvalue weighted by molar-refractivity contribution is -0.132. The summed E-state index contributed by atoms with van der Waals surface area (Å²) in [6, 6.07) is 13.1. The van der Waals surface area contributed by atoms with Crippen LogP contribution in [-0.4, -0.2) is 40.8 Å². The Morgan fingerprint density at radius 1 is 1.10 bits per heavy atom. The van der Waals surface area contributed by atoms with Crippen molar-refractivity contribution in [2.75, 3.05) is 19.8 Å². The van der Waals surface area contributed by atoms with Crippen molar-refractivity contribution in [3.63, 3.8) is 0 Å². The van der Waals surface area contributed by atoms with E-state index in [9.17, 15) is 4.79 Å². The fraction of sp³-hybridized carbons (Fsp3) is 0.348. The molecule has 0 saturated carbocycles. The molecule has 0 bridgehead atoms. The van der Waals surface area contributed by atoms with Gasteiger partial charge in [0.25, 0.3) is 0 Å². The van der Waals surface area contributed by atoms with Gasteiger partial charge in [0, 0.05) is 13.0 Å². The summed E-state index contributed by atoms with van der Waals surface area (Å²) in [5.41, 5.74) is 1.71. The van der Waals surface area contributed by atoms with Gasteiger partial charge < -0.3 is 18.8 Å². The highest BCUT2D eigenvalue weighted by atomic mass is 35.5. The minimum atomic E-state index is 0.0363. The summed E-state index contributed by atoms with van der Waals surface area (Å²) >= 11 is 6.21. The number of carbonyl (C=O) groups is 1. The third kappa shape index (κ3) is 5.17. The maximum absolute atomic E-state index is 12.9. The number of rotatable bonds is 8. The highest BCUT2D eigenvalue weighted by molar-refractivity contribution is 6.33. The predicted octanol–water partition coefficient (Wildman–Crippen LogP) is 4.53. The van der Waals surface area contributed by atoms with Crippen molar-refractivity contribution in [2.24, 2.45) is 0 Å². The molecule has 0 atom stereocenters. The molecule has 7 nitrogen and oxygen atoms in total. The first-order valence-corrected chi connectivity index (χ1v) is 10.8. The molecule has 0 aliphatic carbocycles. The van der Waals surface area contributed by atoms with E-state index in [2.05, 4.69) is 10.2 Å². The van der Waals surface area contributed by atoms with Gasteiger partial charge in [-0.3, -0.25) is 4.79 Å². The SMILES string of the molecule is CCCN(Cc1nnc(-c2ccccc2Cl)o1)C(=O)CCc1ccc2c(c1)OCCO2. The van der Waals surface area contributed by atoms with Gasteiger partial charge in [-0.25, -0.2) is 0 Å². The van der Waals surface area contributed by atoms with Crippen LogP contribution in [0.5, 0.6) is 11.5 Å². The summed E-state index contributed by atoms with van der Waals surface area (Å²) in [5, 5.41) is 8.73. The molecule has 0 fully saturated rings. The van der Waals surface area contributed by atoms with Crippen LogP contribution in [0.1, 0.15) is 31.2 Å². The molecule has 0 radical (unpaired) electrons. The fourth-order valence-electron chi connectivity index (χ4n) is 3.44. The van der Waals surface area contributed by atoms with Crippen molar-refractivity contribution in [1.82, 2.24) is 15.1 Å². The van der Waals surface area contributed by atoms with E-state index in [0.29, 0.717) is 55.0 Å². The number of amides is 1. The first kappa shape index (κ1) is 21.2. The van der Waals surface area contributed by atoms with Crippen LogP contribution in [-0.2, 0) is 17.8 Å². The van der Waals surface area contributed by atoms with Gasteiger partial charge >= 0.3 is 0 Å². The Kier molecular flexibility index (Phi) is 6.72. The van der Waals surface area contributed by atoms with Crippen LogP contribution >= 0.6 is 11.6 Å². The Morgan fingerprint density at radius 2 is 1.90 bits per heavy atom. The molecule has 0 spiro atoms. The van der Waals surface area contributed by atoms with E-state index in [0.717, 1.165) is 23.5 Å². The lowest BCUT2D eigenvalue weighted by Gasteiger charge is -2.21. The summed E-state index contributed by atoms with van der Waals surface area (Å²) < 4.78 is 16.9. The second-order valence-corrected chi connectivity index (χ2v) is 7.68. The van der Waals surface area contributed by atoms with Gasteiger partial charge in [0.2, 0.25) is 17.7 Å². The van der Waals surface area contributed by atoms with Crippen molar-refractivity contribution >= 4 is 17.5 Å². The number of nitrogens with zero attached hydrogens (tertiary/aromatic N) is 3. The van der Waals surface area contributed by atoms with Crippen LogP contribution in [0, 0.1) is 0 Å². The zero-order chi connectivity index (χ0) is 21.6. The molecule has 0 N–H and O–H groups in total. The van der Waals surface area contributed by atoms with Crippen molar-refractivity contribution in [1.29, 1.82) is 0 Å². The van der Waals surface area contributed by atoms with Gasteiger partial charge in [-0.15, -0.1) is 10.2 Å². The van der Waals surface area contributed by atoms with Crippen LogP contribution in [0.3, 0.4) is 0 Å². The molecule has 0 unspecified atom stereocenters. The Balaban J connectivity index is 1.39. The van der Waals surface area contributed by atoms with Gasteiger partial charge in [-0.05, 0) is 42.7 Å². The number of fused-ring (bicyclic) bond motifs is 1. The first-order chi connectivity index (χ1) is 15.1. The molecule has 1 aliphatic rings.